The number of halogens is 5. The number of aryl methyl sites for hydroxylation is 1. The molecule has 0 amide bonds. The van der Waals surface area contributed by atoms with E-state index in [4.69, 9.17) is 4.74 Å². The van der Waals surface area contributed by atoms with Gasteiger partial charge in [0.05, 0.1) is 0 Å². The minimum absolute atomic E-state index is 0.0521. The Hall–Kier alpha value is -2.88. The lowest BCUT2D eigenvalue weighted by atomic mass is 10.1. The van der Waals surface area contributed by atoms with E-state index in [-0.39, 0.29) is 29.3 Å². The van der Waals surface area contributed by atoms with Crippen molar-refractivity contribution >= 4 is 10.2 Å². The monoisotopic (exact) mass is 404 g/mol. The first-order valence-electron chi connectivity index (χ1n) is 7.47. The number of ether oxygens (including phenoxy) is 1. The summed E-state index contributed by atoms with van der Waals surface area (Å²) >= 11 is 0. The summed E-state index contributed by atoms with van der Waals surface area (Å²) in [6, 6.07) is 8.28. The van der Waals surface area contributed by atoms with E-state index in [0.717, 1.165) is 12.1 Å². The summed E-state index contributed by atoms with van der Waals surface area (Å²) in [5.41, 5.74) is 0.838. The molecule has 1 aromatic carbocycles. The molecule has 2 aromatic heterocycles. The van der Waals surface area contributed by atoms with Crippen molar-refractivity contribution in [3.05, 3.63) is 71.3 Å². The average Bonchev–Trinajstić information content (AvgIpc) is 2.56. The van der Waals surface area contributed by atoms with Gasteiger partial charge in [-0.2, -0.15) is 0 Å². The average molecular weight is 404 g/mol. The van der Waals surface area contributed by atoms with Gasteiger partial charge in [0.15, 0.2) is 0 Å². The fourth-order valence-electron chi connectivity index (χ4n) is 2.32. The van der Waals surface area contributed by atoms with Crippen LogP contribution in [0.3, 0.4) is 0 Å². The van der Waals surface area contributed by atoms with Crippen molar-refractivity contribution in [3.63, 3.8) is 0 Å². The molecule has 3 aromatic rings. The summed E-state index contributed by atoms with van der Waals surface area (Å²) in [5.74, 6) is -0.0402. The summed E-state index contributed by atoms with van der Waals surface area (Å²) in [6.07, 6.45) is 2.95. The van der Waals surface area contributed by atoms with Crippen molar-refractivity contribution in [1.82, 2.24) is 9.55 Å². The van der Waals surface area contributed by atoms with E-state index in [1.807, 2.05) is 0 Å². The van der Waals surface area contributed by atoms with Crippen molar-refractivity contribution < 1.29 is 24.2 Å². The van der Waals surface area contributed by atoms with Crippen molar-refractivity contribution in [3.8, 4) is 22.8 Å². The van der Waals surface area contributed by atoms with Crippen LogP contribution in [-0.4, -0.2) is 9.55 Å². The molecule has 0 aliphatic heterocycles. The molecular formula is C17H13F5N2O2S. The van der Waals surface area contributed by atoms with E-state index in [9.17, 15) is 24.2 Å². The molecule has 0 unspecified atom stereocenters. The van der Waals surface area contributed by atoms with Crippen LogP contribution in [0.5, 0.6) is 11.6 Å². The molecule has 0 N–H and O–H groups in total. The number of benzene rings is 1. The maximum atomic E-state index is 12.8. The highest BCUT2D eigenvalue weighted by Gasteiger charge is 2.65. The zero-order chi connectivity index (χ0) is 19.9. The Labute approximate surface area is 150 Å². The Morgan fingerprint density at radius 3 is 2.22 bits per heavy atom. The molecule has 0 bridgehead atoms. The molecule has 0 saturated heterocycles. The molecule has 3 rings (SSSR count). The van der Waals surface area contributed by atoms with E-state index in [1.54, 1.807) is 31.4 Å². The first kappa shape index (κ1) is 18.9. The van der Waals surface area contributed by atoms with Gasteiger partial charge < -0.3 is 9.30 Å². The largest absolute Gasteiger partial charge is 0.438 e. The number of nitrogens with zero attached hydrogens (tertiary/aromatic N) is 2. The number of hydrogen-bond donors (Lipinski definition) is 0. The lowest BCUT2D eigenvalue weighted by molar-refractivity contribution is 0.363. The number of rotatable bonds is 4. The number of aromatic nitrogens is 2. The fourth-order valence-corrected chi connectivity index (χ4v) is 2.97. The Balaban J connectivity index is 1.96. The van der Waals surface area contributed by atoms with Crippen LogP contribution in [0.15, 0.2) is 70.6 Å². The quantitative estimate of drug-likeness (QED) is 0.509. The van der Waals surface area contributed by atoms with Gasteiger partial charge in [0, 0.05) is 36.6 Å². The van der Waals surface area contributed by atoms with Gasteiger partial charge >= 0.3 is 10.2 Å². The highest BCUT2D eigenvalue weighted by molar-refractivity contribution is 8.45. The zero-order valence-corrected chi connectivity index (χ0v) is 14.6. The Morgan fingerprint density at radius 2 is 1.63 bits per heavy atom. The summed E-state index contributed by atoms with van der Waals surface area (Å²) in [7, 11) is -8.18. The third-order valence-corrected chi connectivity index (χ3v) is 4.81. The van der Waals surface area contributed by atoms with Crippen molar-refractivity contribution in [2.75, 3.05) is 0 Å². The normalized spacial score (nSPS) is 14.3. The van der Waals surface area contributed by atoms with Gasteiger partial charge in [-0.25, -0.2) is 4.98 Å². The second kappa shape index (κ2) is 5.56. The second-order valence-electron chi connectivity index (χ2n) is 5.77. The summed E-state index contributed by atoms with van der Waals surface area (Å²) in [6.45, 7) is 0. The fraction of sp³-hybridized carbons (Fsp3) is 0.0588. The van der Waals surface area contributed by atoms with Gasteiger partial charge in [-0.05, 0) is 42.5 Å². The first-order valence-corrected chi connectivity index (χ1v) is 9.43. The van der Waals surface area contributed by atoms with Gasteiger partial charge in [-0.3, -0.25) is 4.79 Å². The first-order chi connectivity index (χ1) is 12.3. The summed E-state index contributed by atoms with van der Waals surface area (Å²) < 4.78 is 70.7. The van der Waals surface area contributed by atoms with Gasteiger partial charge in [0.25, 0.3) is 0 Å². The van der Waals surface area contributed by atoms with E-state index in [0.29, 0.717) is 11.1 Å². The SMILES string of the molecule is Cn1cc(-c2cccnc2Oc2ccc(S(F)(F)(F)(F)F)cc2)ccc1=O. The smallest absolute Gasteiger partial charge is 0.310 e. The highest BCUT2D eigenvalue weighted by Crippen LogP contribution is 3.02. The van der Waals surface area contributed by atoms with Crippen LogP contribution in [-0.2, 0) is 7.05 Å². The lowest BCUT2D eigenvalue weighted by Gasteiger charge is -2.40. The standard InChI is InChI=1S/C17H13F5N2O2S/c1-24-11-12(4-9-16(24)25)15-3-2-10-23-17(15)26-13-5-7-14(8-6-13)27(18,19,20,21)22/h2-11H,1H3. The van der Waals surface area contributed by atoms with Gasteiger partial charge in [-0.1, -0.05) is 19.4 Å². The molecule has 10 heteroatoms. The van der Waals surface area contributed by atoms with Crippen LogP contribution in [0.2, 0.25) is 0 Å². The second-order valence-corrected chi connectivity index (χ2v) is 8.17. The Bertz CT molecular complexity index is 1060. The van der Waals surface area contributed by atoms with Crippen LogP contribution in [0.25, 0.3) is 11.1 Å². The molecule has 144 valence electrons. The summed E-state index contributed by atoms with van der Waals surface area (Å²) in [4.78, 5) is 13.5. The van der Waals surface area contributed by atoms with Crippen molar-refractivity contribution in [1.29, 1.82) is 0 Å². The maximum Gasteiger partial charge on any atom is 0.310 e. The van der Waals surface area contributed by atoms with Crippen LogP contribution in [0.1, 0.15) is 0 Å². The topological polar surface area (TPSA) is 44.1 Å². The van der Waals surface area contributed by atoms with Gasteiger partial charge in [0.2, 0.25) is 11.4 Å². The number of hydrogen-bond acceptors (Lipinski definition) is 3. The molecule has 0 radical (unpaired) electrons. The molecular weight excluding hydrogens is 391 g/mol. The summed E-state index contributed by atoms with van der Waals surface area (Å²) in [5, 5.41) is 0. The van der Waals surface area contributed by atoms with Crippen LogP contribution < -0.4 is 10.3 Å². The van der Waals surface area contributed by atoms with Crippen LogP contribution in [0, 0.1) is 0 Å². The minimum atomic E-state index is -9.74. The molecule has 0 atom stereocenters. The van der Waals surface area contributed by atoms with E-state index < -0.39 is 15.1 Å². The van der Waals surface area contributed by atoms with E-state index in [1.165, 1.54) is 16.8 Å². The predicted molar refractivity (Wildman–Crippen MR) is 92.8 cm³/mol. The maximum absolute atomic E-state index is 12.8. The van der Waals surface area contributed by atoms with Gasteiger partial charge in [0.1, 0.15) is 10.6 Å². The van der Waals surface area contributed by atoms with E-state index >= 15 is 0 Å². The predicted octanol–water partition coefficient (Wildman–Crippen LogP) is 5.90. The van der Waals surface area contributed by atoms with Crippen molar-refractivity contribution in [2.45, 2.75) is 4.90 Å². The molecule has 0 saturated carbocycles. The van der Waals surface area contributed by atoms with Crippen molar-refractivity contribution in [2.24, 2.45) is 7.05 Å². The lowest BCUT2D eigenvalue weighted by Crippen LogP contribution is -2.14. The number of pyridine rings is 2. The Kier molecular flexibility index (Phi) is 3.89. The molecule has 0 fully saturated rings. The third kappa shape index (κ3) is 4.27. The molecule has 0 aliphatic carbocycles. The highest BCUT2D eigenvalue weighted by atomic mass is 32.5. The van der Waals surface area contributed by atoms with Crippen LogP contribution in [0.4, 0.5) is 19.4 Å². The van der Waals surface area contributed by atoms with Crippen LogP contribution >= 0.6 is 10.2 Å². The molecule has 2 heterocycles. The third-order valence-electron chi connectivity index (χ3n) is 3.65. The molecule has 27 heavy (non-hydrogen) atoms. The minimum Gasteiger partial charge on any atom is -0.438 e. The zero-order valence-electron chi connectivity index (χ0n) is 13.8. The molecule has 4 nitrogen and oxygen atoms in total. The Morgan fingerprint density at radius 1 is 0.963 bits per heavy atom. The molecule has 0 aliphatic rings. The molecule has 0 spiro atoms. The van der Waals surface area contributed by atoms with Gasteiger partial charge in [-0.15, -0.1) is 0 Å². The van der Waals surface area contributed by atoms with E-state index in [2.05, 4.69) is 4.98 Å².